The highest BCUT2D eigenvalue weighted by atomic mass is 127. The van der Waals surface area contributed by atoms with Crippen LogP contribution in [0.2, 0.25) is 10.0 Å². The van der Waals surface area contributed by atoms with E-state index in [1.165, 1.54) is 17.0 Å². The largest absolute Gasteiger partial charge is 0.333 e. The van der Waals surface area contributed by atoms with Crippen LogP contribution in [-0.4, -0.2) is 28.9 Å². The lowest BCUT2D eigenvalue weighted by Gasteiger charge is -2.29. The summed E-state index contributed by atoms with van der Waals surface area (Å²) >= 11 is 13.8. The summed E-state index contributed by atoms with van der Waals surface area (Å²) in [6.07, 6.45) is 0. The molecule has 1 aromatic carbocycles. The number of anilines is 1. The Morgan fingerprint density at radius 1 is 1.19 bits per heavy atom. The molecule has 1 aliphatic heterocycles. The van der Waals surface area contributed by atoms with Crippen LogP contribution in [0.5, 0.6) is 0 Å². The molecule has 21 heavy (non-hydrogen) atoms. The number of carbonyl (C=O) groups excluding carboxylic acids is 2. The molecule has 1 aliphatic rings. The molecule has 7 heteroatoms. The number of halogens is 3. The molecule has 0 saturated carbocycles. The molecule has 0 N–H and O–H groups in total. The molecule has 0 bridgehead atoms. The fourth-order valence-electron chi connectivity index (χ4n) is 2.04. The summed E-state index contributed by atoms with van der Waals surface area (Å²) in [5, 5.41) is 0.728. The third-order valence-electron chi connectivity index (χ3n) is 3.10. The van der Waals surface area contributed by atoms with Gasteiger partial charge in [0, 0.05) is 32.6 Å². The Morgan fingerprint density at radius 3 is 2.29 bits per heavy atom. The predicted octanol–water partition coefficient (Wildman–Crippen LogP) is 3.94. The average Bonchev–Trinajstić information content (AvgIpc) is 2.64. The van der Waals surface area contributed by atoms with Crippen molar-refractivity contribution < 1.29 is 9.59 Å². The standard InChI is InChI=1S/C14H11Cl2IN2O2/c1-14(2,3-4-17)18-8-12(20)19(13(18)21)11-6-9(15)5-10(16)7-11/h5-7H,8H2,1-2H3. The molecular weight excluding hydrogens is 426 g/mol. The lowest BCUT2D eigenvalue weighted by Crippen LogP contribution is -2.45. The molecule has 0 aromatic heterocycles. The zero-order valence-corrected chi connectivity index (χ0v) is 15.0. The Morgan fingerprint density at radius 2 is 1.76 bits per heavy atom. The topological polar surface area (TPSA) is 40.6 Å². The number of carbonyl (C=O) groups is 2. The lowest BCUT2D eigenvalue weighted by atomic mass is 10.1. The van der Waals surface area contributed by atoms with Gasteiger partial charge >= 0.3 is 6.03 Å². The summed E-state index contributed by atoms with van der Waals surface area (Å²) in [4.78, 5) is 27.2. The van der Waals surface area contributed by atoms with E-state index in [9.17, 15) is 9.59 Å². The molecule has 1 saturated heterocycles. The van der Waals surface area contributed by atoms with Crippen LogP contribution in [0.3, 0.4) is 0 Å². The highest BCUT2D eigenvalue weighted by molar-refractivity contribution is 14.1. The van der Waals surface area contributed by atoms with Gasteiger partial charge in [0.1, 0.15) is 12.1 Å². The van der Waals surface area contributed by atoms with Gasteiger partial charge in [-0.15, -0.1) is 0 Å². The predicted molar refractivity (Wildman–Crippen MR) is 91.9 cm³/mol. The molecule has 2 rings (SSSR count). The number of rotatable bonds is 2. The van der Waals surface area contributed by atoms with E-state index in [4.69, 9.17) is 23.2 Å². The third-order valence-corrected chi connectivity index (χ3v) is 3.80. The maximum Gasteiger partial charge on any atom is 0.333 e. The number of benzene rings is 1. The number of urea groups is 1. The van der Waals surface area contributed by atoms with Gasteiger partial charge in [-0.2, -0.15) is 0 Å². The van der Waals surface area contributed by atoms with Crippen molar-refractivity contribution in [2.45, 2.75) is 19.4 Å². The Bertz CT molecular complexity index is 659. The lowest BCUT2D eigenvalue weighted by molar-refractivity contribution is -0.117. The first-order valence-corrected chi connectivity index (χ1v) is 7.83. The number of imide groups is 1. The Labute approximate surface area is 146 Å². The van der Waals surface area contributed by atoms with E-state index in [1.54, 1.807) is 19.9 Å². The van der Waals surface area contributed by atoms with E-state index in [0.29, 0.717) is 15.7 Å². The molecule has 1 fully saturated rings. The molecule has 0 unspecified atom stereocenters. The molecule has 0 radical (unpaired) electrons. The van der Waals surface area contributed by atoms with E-state index >= 15 is 0 Å². The Hall–Kier alpha value is -0.970. The monoisotopic (exact) mass is 436 g/mol. The van der Waals surface area contributed by atoms with Crippen molar-refractivity contribution in [2.75, 3.05) is 11.4 Å². The van der Waals surface area contributed by atoms with Crippen LogP contribution in [0.25, 0.3) is 0 Å². The van der Waals surface area contributed by atoms with E-state index in [1.807, 2.05) is 22.6 Å². The summed E-state index contributed by atoms with van der Waals surface area (Å²) in [7, 11) is 0. The number of nitrogens with zero attached hydrogens (tertiary/aromatic N) is 2. The second-order valence-electron chi connectivity index (χ2n) is 5.00. The Kier molecular flexibility index (Phi) is 4.71. The van der Waals surface area contributed by atoms with Crippen molar-refractivity contribution in [2.24, 2.45) is 0 Å². The van der Waals surface area contributed by atoms with Gasteiger partial charge in [0.05, 0.1) is 5.69 Å². The van der Waals surface area contributed by atoms with Gasteiger partial charge in [0.15, 0.2) is 0 Å². The summed E-state index contributed by atoms with van der Waals surface area (Å²) < 4.78 is 2.75. The molecule has 4 nitrogen and oxygen atoms in total. The van der Waals surface area contributed by atoms with E-state index in [2.05, 4.69) is 9.85 Å². The minimum absolute atomic E-state index is 0.0265. The van der Waals surface area contributed by atoms with Gasteiger partial charge < -0.3 is 0 Å². The third kappa shape index (κ3) is 3.28. The number of hydrogen-bond acceptors (Lipinski definition) is 2. The minimum Gasteiger partial charge on any atom is -0.299 e. The smallest absolute Gasteiger partial charge is 0.299 e. The van der Waals surface area contributed by atoms with Gasteiger partial charge in [0.2, 0.25) is 0 Å². The van der Waals surface area contributed by atoms with E-state index in [0.717, 1.165) is 4.90 Å². The van der Waals surface area contributed by atoms with Crippen molar-refractivity contribution in [3.05, 3.63) is 28.2 Å². The minimum atomic E-state index is -0.731. The first kappa shape index (κ1) is 16.4. The second kappa shape index (κ2) is 6.03. The van der Waals surface area contributed by atoms with Crippen molar-refractivity contribution in [1.29, 1.82) is 0 Å². The van der Waals surface area contributed by atoms with Gasteiger partial charge in [0.25, 0.3) is 5.91 Å². The molecule has 1 aromatic rings. The van der Waals surface area contributed by atoms with Gasteiger partial charge in [-0.3, -0.25) is 9.69 Å². The zero-order chi connectivity index (χ0) is 15.8. The van der Waals surface area contributed by atoms with Gasteiger partial charge in [-0.25, -0.2) is 9.69 Å². The van der Waals surface area contributed by atoms with Crippen LogP contribution in [0.15, 0.2) is 18.2 Å². The van der Waals surface area contributed by atoms with Crippen LogP contribution in [-0.2, 0) is 4.79 Å². The van der Waals surface area contributed by atoms with Crippen molar-refractivity contribution in [3.63, 3.8) is 0 Å². The van der Waals surface area contributed by atoms with Crippen LogP contribution < -0.4 is 4.90 Å². The van der Waals surface area contributed by atoms with E-state index in [-0.39, 0.29) is 12.5 Å². The quantitative estimate of drug-likeness (QED) is 0.400. The summed E-state index contributed by atoms with van der Waals surface area (Å²) in [5.74, 6) is 2.59. The maximum atomic E-state index is 12.5. The highest BCUT2D eigenvalue weighted by Gasteiger charge is 2.43. The molecule has 1 heterocycles. The molecule has 0 spiro atoms. The molecule has 3 amide bonds. The molecule has 0 aliphatic carbocycles. The van der Waals surface area contributed by atoms with Crippen LogP contribution in [0.4, 0.5) is 10.5 Å². The van der Waals surface area contributed by atoms with Crippen LogP contribution in [0.1, 0.15) is 13.8 Å². The summed E-state index contributed by atoms with van der Waals surface area (Å²) in [5.41, 5.74) is -0.367. The summed E-state index contributed by atoms with van der Waals surface area (Å²) in [6.45, 7) is 3.55. The average molecular weight is 437 g/mol. The molecular formula is C14H11Cl2IN2O2. The zero-order valence-electron chi connectivity index (χ0n) is 11.3. The number of amides is 3. The van der Waals surface area contributed by atoms with Crippen LogP contribution >= 0.6 is 45.8 Å². The fraction of sp³-hybridized carbons (Fsp3) is 0.286. The molecule has 0 atom stereocenters. The fourth-order valence-corrected chi connectivity index (χ4v) is 3.22. The number of hydrogen-bond donors (Lipinski definition) is 0. The normalized spacial score (nSPS) is 15.3. The Balaban J connectivity index is 2.40. The van der Waals surface area contributed by atoms with Gasteiger partial charge in [-0.05, 0) is 36.0 Å². The van der Waals surface area contributed by atoms with E-state index < -0.39 is 11.6 Å². The van der Waals surface area contributed by atoms with Crippen molar-refractivity contribution in [1.82, 2.24) is 4.90 Å². The SMILES string of the molecule is CC(C)(C#CI)N1CC(=O)N(c2cc(Cl)cc(Cl)c2)C1=O. The molecule has 110 valence electrons. The van der Waals surface area contributed by atoms with Gasteiger partial charge in [-0.1, -0.05) is 29.1 Å². The first-order chi connectivity index (χ1) is 9.76. The summed E-state index contributed by atoms with van der Waals surface area (Å²) in [6, 6.07) is 4.18. The first-order valence-electron chi connectivity index (χ1n) is 6.00. The highest BCUT2D eigenvalue weighted by Crippen LogP contribution is 2.30. The van der Waals surface area contributed by atoms with Crippen molar-refractivity contribution >= 4 is 63.4 Å². The second-order valence-corrected chi connectivity index (χ2v) is 6.42. The maximum absolute atomic E-state index is 12.5. The van der Waals surface area contributed by atoms with Crippen molar-refractivity contribution in [3.8, 4) is 9.85 Å². The van der Waals surface area contributed by atoms with Crippen LogP contribution in [0, 0.1) is 9.85 Å².